The van der Waals surface area contributed by atoms with Crippen molar-refractivity contribution in [3.8, 4) is 5.75 Å². The van der Waals surface area contributed by atoms with Crippen LogP contribution in [0.4, 0.5) is 0 Å². The van der Waals surface area contributed by atoms with Crippen LogP contribution in [-0.2, 0) is 0 Å². The van der Waals surface area contributed by atoms with Gasteiger partial charge in [0.15, 0.2) is 0 Å². The summed E-state index contributed by atoms with van der Waals surface area (Å²) in [4.78, 5) is 0. The van der Waals surface area contributed by atoms with Gasteiger partial charge in [-0.25, -0.2) is 0 Å². The summed E-state index contributed by atoms with van der Waals surface area (Å²) in [6.07, 6.45) is 1.08. The molecule has 0 fully saturated rings. The monoisotopic (exact) mass is 245 g/mol. The lowest BCUT2D eigenvalue weighted by atomic mass is 10.3. The Morgan fingerprint density at radius 1 is 1.20 bits per heavy atom. The van der Waals surface area contributed by atoms with Crippen LogP contribution in [0, 0.1) is 0 Å². The van der Waals surface area contributed by atoms with E-state index in [1.807, 2.05) is 36.0 Å². The SMILES string of the molecule is NCCCSCCOc1ccc(Cl)cc1. The maximum atomic E-state index is 5.76. The van der Waals surface area contributed by atoms with E-state index < -0.39 is 0 Å². The number of hydrogen-bond acceptors (Lipinski definition) is 3. The first-order valence-corrected chi connectivity index (χ1v) is 6.52. The Balaban J connectivity index is 2.07. The Bertz CT molecular complexity index is 266. The number of ether oxygens (including phenoxy) is 1. The van der Waals surface area contributed by atoms with Crippen molar-refractivity contribution in [2.75, 3.05) is 24.7 Å². The molecule has 2 nitrogen and oxygen atoms in total. The van der Waals surface area contributed by atoms with E-state index in [0.29, 0.717) is 0 Å². The van der Waals surface area contributed by atoms with Gasteiger partial charge in [-0.2, -0.15) is 11.8 Å². The number of nitrogens with two attached hydrogens (primary N) is 1. The van der Waals surface area contributed by atoms with Gasteiger partial charge in [0.25, 0.3) is 0 Å². The van der Waals surface area contributed by atoms with E-state index in [2.05, 4.69) is 0 Å². The van der Waals surface area contributed by atoms with Crippen LogP contribution in [0.25, 0.3) is 0 Å². The van der Waals surface area contributed by atoms with E-state index in [1.54, 1.807) is 0 Å². The lowest BCUT2D eigenvalue weighted by Gasteiger charge is -2.05. The molecule has 0 saturated carbocycles. The molecule has 1 rings (SSSR count). The summed E-state index contributed by atoms with van der Waals surface area (Å²) >= 11 is 7.63. The molecule has 0 aromatic heterocycles. The second kappa shape index (κ2) is 7.85. The molecule has 15 heavy (non-hydrogen) atoms. The van der Waals surface area contributed by atoms with Crippen molar-refractivity contribution in [2.45, 2.75) is 6.42 Å². The number of thioether (sulfide) groups is 1. The van der Waals surface area contributed by atoms with E-state index in [4.69, 9.17) is 22.1 Å². The average molecular weight is 246 g/mol. The number of benzene rings is 1. The fourth-order valence-electron chi connectivity index (χ4n) is 1.04. The highest BCUT2D eigenvalue weighted by Gasteiger charge is 1.94. The number of halogens is 1. The standard InChI is InChI=1S/C11H16ClNOS/c12-10-2-4-11(5-3-10)14-7-9-15-8-1-6-13/h2-5H,1,6-9,13H2. The van der Waals surface area contributed by atoms with E-state index in [0.717, 1.165) is 41.9 Å². The molecule has 0 atom stereocenters. The summed E-state index contributed by atoms with van der Waals surface area (Å²) in [5, 5.41) is 0.736. The van der Waals surface area contributed by atoms with Gasteiger partial charge < -0.3 is 10.5 Å². The molecule has 0 bridgehead atoms. The minimum absolute atomic E-state index is 0.733. The van der Waals surface area contributed by atoms with Crippen LogP contribution in [0.2, 0.25) is 5.02 Å². The normalized spacial score (nSPS) is 10.3. The predicted octanol–water partition coefficient (Wildman–Crippen LogP) is 2.80. The Labute approximate surface area is 100 Å². The molecule has 0 aliphatic rings. The van der Waals surface area contributed by atoms with Gasteiger partial charge in [-0.05, 0) is 43.0 Å². The molecule has 1 aromatic carbocycles. The second-order valence-corrected chi connectivity index (χ2v) is 4.72. The molecule has 0 amide bonds. The van der Waals surface area contributed by atoms with Crippen LogP contribution in [0.1, 0.15) is 6.42 Å². The molecule has 4 heteroatoms. The van der Waals surface area contributed by atoms with Crippen molar-refractivity contribution in [1.82, 2.24) is 0 Å². The lowest BCUT2D eigenvalue weighted by molar-refractivity contribution is 0.344. The largest absolute Gasteiger partial charge is 0.493 e. The van der Waals surface area contributed by atoms with Gasteiger partial charge in [0.05, 0.1) is 6.61 Å². The average Bonchev–Trinajstić information content (AvgIpc) is 2.26. The Kier molecular flexibility index (Phi) is 6.64. The van der Waals surface area contributed by atoms with Gasteiger partial charge in [0, 0.05) is 10.8 Å². The van der Waals surface area contributed by atoms with E-state index in [1.165, 1.54) is 0 Å². The van der Waals surface area contributed by atoms with Crippen LogP contribution < -0.4 is 10.5 Å². The highest BCUT2D eigenvalue weighted by Crippen LogP contribution is 2.15. The van der Waals surface area contributed by atoms with Crippen molar-refractivity contribution in [3.63, 3.8) is 0 Å². The minimum Gasteiger partial charge on any atom is -0.493 e. The summed E-state index contributed by atoms with van der Waals surface area (Å²) in [6, 6.07) is 7.43. The van der Waals surface area contributed by atoms with E-state index in [-0.39, 0.29) is 0 Å². The number of hydrogen-bond donors (Lipinski definition) is 1. The third-order valence-electron chi connectivity index (χ3n) is 1.80. The topological polar surface area (TPSA) is 35.2 Å². The maximum absolute atomic E-state index is 5.76. The third kappa shape index (κ3) is 5.92. The fourth-order valence-corrected chi connectivity index (χ4v) is 1.94. The van der Waals surface area contributed by atoms with Gasteiger partial charge >= 0.3 is 0 Å². The molecule has 0 saturated heterocycles. The molecular weight excluding hydrogens is 230 g/mol. The molecular formula is C11H16ClNOS. The Hall–Kier alpha value is -0.380. The van der Waals surface area contributed by atoms with E-state index in [9.17, 15) is 0 Å². The summed E-state index contributed by atoms with van der Waals surface area (Å²) in [5.41, 5.74) is 5.39. The molecule has 0 spiro atoms. The van der Waals surface area contributed by atoms with Gasteiger partial charge in [-0.3, -0.25) is 0 Å². The first-order valence-electron chi connectivity index (χ1n) is 4.99. The molecule has 84 valence electrons. The second-order valence-electron chi connectivity index (χ2n) is 3.06. The fraction of sp³-hybridized carbons (Fsp3) is 0.455. The summed E-state index contributed by atoms with van der Waals surface area (Å²) in [5.74, 6) is 2.99. The first-order chi connectivity index (χ1) is 7.33. The zero-order valence-corrected chi connectivity index (χ0v) is 10.2. The number of rotatable bonds is 7. The van der Waals surface area contributed by atoms with Gasteiger partial charge in [-0.15, -0.1) is 0 Å². The van der Waals surface area contributed by atoms with Crippen molar-refractivity contribution in [1.29, 1.82) is 0 Å². The smallest absolute Gasteiger partial charge is 0.119 e. The minimum atomic E-state index is 0.733. The van der Waals surface area contributed by atoms with Gasteiger partial charge in [0.2, 0.25) is 0 Å². The molecule has 0 radical (unpaired) electrons. The van der Waals surface area contributed by atoms with E-state index >= 15 is 0 Å². The molecule has 1 aromatic rings. The summed E-state index contributed by atoms with van der Waals surface area (Å²) in [7, 11) is 0. The zero-order chi connectivity index (χ0) is 10.9. The van der Waals surface area contributed by atoms with Crippen molar-refractivity contribution in [3.05, 3.63) is 29.3 Å². The maximum Gasteiger partial charge on any atom is 0.119 e. The molecule has 2 N–H and O–H groups in total. The van der Waals surface area contributed by atoms with Crippen LogP contribution in [0.3, 0.4) is 0 Å². The first kappa shape index (κ1) is 12.7. The highest BCUT2D eigenvalue weighted by molar-refractivity contribution is 7.99. The summed E-state index contributed by atoms with van der Waals surface area (Å²) in [6.45, 7) is 1.50. The van der Waals surface area contributed by atoms with Crippen LogP contribution in [-0.4, -0.2) is 24.7 Å². The Morgan fingerprint density at radius 3 is 2.60 bits per heavy atom. The summed E-state index contributed by atoms with van der Waals surface area (Å²) < 4.78 is 5.53. The molecule has 0 aliphatic carbocycles. The highest BCUT2D eigenvalue weighted by atomic mass is 35.5. The van der Waals surface area contributed by atoms with Crippen LogP contribution in [0.15, 0.2) is 24.3 Å². The zero-order valence-electron chi connectivity index (χ0n) is 8.62. The van der Waals surface area contributed by atoms with Crippen molar-refractivity contribution in [2.24, 2.45) is 5.73 Å². The lowest BCUT2D eigenvalue weighted by Crippen LogP contribution is -2.03. The molecule has 0 aliphatic heterocycles. The Morgan fingerprint density at radius 2 is 1.93 bits per heavy atom. The predicted molar refractivity (Wildman–Crippen MR) is 67.9 cm³/mol. The van der Waals surface area contributed by atoms with Crippen molar-refractivity contribution < 1.29 is 4.74 Å². The van der Waals surface area contributed by atoms with Gasteiger partial charge in [-0.1, -0.05) is 11.6 Å². The van der Waals surface area contributed by atoms with Gasteiger partial charge in [0.1, 0.15) is 5.75 Å². The third-order valence-corrected chi connectivity index (χ3v) is 3.09. The molecule has 0 unspecified atom stereocenters. The van der Waals surface area contributed by atoms with Crippen LogP contribution >= 0.6 is 23.4 Å². The molecule has 0 heterocycles. The van der Waals surface area contributed by atoms with Crippen molar-refractivity contribution >= 4 is 23.4 Å². The quantitative estimate of drug-likeness (QED) is 0.751. The van der Waals surface area contributed by atoms with Crippen LogP contribution in [0.5, 0.6) is 5.75 Å².